The smallest absolute Gasteiger partial charge is 0.217 e. The van der Waals surface area contributed by atoms with Gasteiger partial charge in [0.25, 0.3) is 0 Å². The molecular weight excluding hydrogens is 874 g/mol. The first-order valence-electron chi connectivity index (χ1n) is 20.4. The van der Waals surface area contributed by atoms with Gasteiger partial charge in [-0.1, -0.05) is 0 Å². The molecule has 3 amide bonds. The molecule has 64 heavy (non-hydrogen) atoms. The second-order valence-electron chi connectivity index (χ2n) is 15.9. The molecule has 4 saturated heterocycles. The number of aliphatic hydroxyl groups is 14. The van der Waals surface area contributed by atoms with Crippen LogP contribution in [0.15, 0.2) is 0 Å². The Hall–Kier alpha value is -2.47. The predicted molar refractivity (Wildman–Crippen MR) is 202 cm³/mol. The van der Waals surface area contributed by atoms with Crippen LogP contribution in [0.5, 0.6) is 0 Å². The van der Waals surface area contributed by atoms with E-state index in [0.717, 1.165) is 20.8 Å². The van der Waals surface area contributed by atoms with Gasteiger partial charge in [0.2, 0.25) is 17.7 Å². The zero-order chi connectivity index (χ0) is 47.9. The second-order valence-corrected chi connectivity index (χ2v) is 15.9. The molecule has 28 nitrogen and oxygen atoms in total. The van der Waals surface area contributed by atoms with Gasteiger partial charge >= 0.3 is 0 Å². The highest BCUT2D eigenvalue weighted by molar-refractivity contribution is 5.74. The van der Waals surface area contributed by atoms with Crippen LogP contribution in [0.1, 0.15) is 27.7 Å². The van der Waals surface area contributed by atoms with Gasteiger partial charge in [0.1, 0.15) is 110 Å². The normalized spacial score (nSPS) is 42.5. The van der Waals surface area contributed by atoms with Crippen molar-refractivity contribution < 1.29 is 124 Å². The molecule has 0 saturated carbocycles. The van der Waals surface area contributed by atoms with E-state index >= 15 is 0 Å². The third-order valence-corrected chi connectivity index (χ3v) is 11.1. The number of carbonyl (C=O) groups is 3. The van der Waals surface area contributed by atoms with Gasteiger partial charge in [0.15, 0.2) is 25.2 Å². The van der Waals surface area contributed by atoms with Crippen molar-refractivity contribution in [2.24, 2.45) is 0 Å². The maximum absolute atomic E-state index is 12.4. The van der Waals surface area contributed by atoms with Crippen molar-refractivity contribution in [3.05, 3.63) is 0 Å². The van der Waals surface area contributed by atoms with E-state index in [4.69, 9.17) is 37.9 Å². The summed E-state index contributed by atoms with van der Waals surface area (Å²) in [5.74, 6) is -2.29. The lowest BCUT2D eigenvalue weighted by Gasteiger charge is -2.48. The van der Waals surface area contributed by atoms with Crippen molar-refractivity contribution in [1.29, 1.82) is 0 Å². The molecule has 4 fully saturated rings. The van der Waals surface area contributed by atoms with E-state index < -0.39 is 198 Å². The van der Waals surface area contributed by atoms with Crippen molar-refractivity contribution in [3.8, 4) is 0 Å². The summed E-state index contributed by atoms with van der Waals surface area (Å²) in [5.41, 5.74) is 0. The molecule has 0 aromatic rings. The number of hydrogen-bond acceptors (Lipinski definition) is 25. The van der Waals surface area contributed by atoms with E-state index in [1.165, 1.54) is 6.92 Å². The molecule has 24 atom stereocenters. The number of aliphatic hydroxyl groups excluding tert-OH is 14. The number of nitrogens with one attached hydrogen (secondary N) is 3. The molecule has 4 rings (SSSR count). The first-order valence-corrected chi connectivity index (χ1v) is 20.4. The van der Waals surface area contributed by atoms with Gasteiger partial charge in [0, 0.05) is 20.8 Å². The lowest BCUT2D eigenvalue weighted by molar-refractivity contribution is -0.358. The minimum atomic E-state index is -2.25. The minimum Gasteiger partial charge on any atom is -0.394 e. The fourth-order valence-corrected chi connectivity index (χ4v) is 7.68. The molecule has 0 spiro atoms. The van der Waals surface area contributed by atoms with Crippen molar-refractivity contribution in [2.45, 2.75) is 175 Å². The lowest BCUT2D eigenvalue weighted by Crippen LogP contribution is -2.68. The molecule has 0 unspecified atom stereocenters. The Balaban J connectivity index is 1.59. The van der Waals surface area contributed by atoms with Gasteiger partial charge in [-0.25, -0.2) is 0 Å². The molecule has 0 radical (unpaired) electrons. The van der Waals surface area contributed by atoms with E-state index in [1.807, 2.05) is 0 Å². The summed E-state index contributed by atoms with van der Waals surface area (Å²) in [6.07, 6.45) is -37.7. The van der Waals surface area contributed by atoms with Crippen LogP contribution < -0.4 is 16.0 Å². The number of rotatable bonds is 19. The molecule has 0 aliphatic carbocycles. The molecule has 0 bridgehead atoms. The predicted octanol–water partition coefficient (Wildman–Crippen LogP) is -10.8. The Kier molecular flexibility index (Phi) is 20.3. The summed E-state index contributed by atoms with van der Waals surface area (Å²) in [5, 5.41) is 156. The molecule has 4 heterocycles. The number of amides is 3. The third-order valence-electron chi connectivity index (χ3n) is 11.1. The molecule has 17 N–H and O–H groups in total. The van der Waals surface area contributed by atoms with Crippen LogP contribution in [-0.2, 0) is 52.3 Å². The highest BCUT2D eigenvalue weighted by Gasteiger charge is 2.54. The second kappa shape index (κ2) is 24.0. The molecule has 0 aromatic heterocycles. The van der Waals surface area contributed by atoms with Crippen molar-refractivity contribution in [2.75, 3.05) is 33.0 Å². The van der Waals surface area contributed by atoms with Gasteiger partial charge in [-0.05, 0) is 6.92 Å². The van der Waals surface area contributed by atoms with Crippen LogP contribution in [0.4, 0.5) is 0 Å². The Morgan fingerprint density at radius 2 is 1.08 bits per heavy atom. The summed E-state index contributed by atoms with van der Waals surface area (Å²) < 4.78 is 45.4. The van der Waals surface area contributed by atoms with E-state index in [0.29, 0.717) is 0 Å². The summed E-state index contributed by atoms with van der Waals surface area (Å²) in [7, 11) is 0. The lowest BCUT2D eigenvalue weighted by atomic mass is 9.95. The van der Waals surface area contributed by atoms with Crippen molar-refractivity contribution >= 4 is 17.7 Å². The minimum absolute atomic E-state index is 0.740. The van der Waals surface area contributed by atoms with Crippen LogP contribution in [0.3, 0.4) is 0 Å². The SMILES string of the molecule is CC(=O)N[C@H]1[C@H](O[C@H]2[C@@H](O)[C@@H](CO)O[C@@H](O[C@@H]([C@@H](O)[C@H](O)CO[C@@H]3O[C@H](CO)[C@@H](O)[C@H](O[C@@H]4O[C@@H](C)[C@@H](O)[C@@H](O)[C@@H]4O)[C@H]3NC(C)=O)[C@H](CO)NC(C)=O)[C@@H]2O)O[C@H](CO)[C@H](O)[C@@H]1O. The molecule has 0 aromatic carbocycles. The zero-order valence-corrected chi connectivity index (χ0v) is 35.1. The fraction of sp³-hybridized carbons (Fsp3) is 0.917. The average molecular weight is 938 g/mol. The molecule has 4 aliphatic rings. The van der Waals surface area contributed by atoms with E-state index in [1.54, 1.807) is 0 Å². The third kappa shape index (κ3) is 12.7. The Morgan fingerprint density at radius 1 is 0.562 bits per heavy atom. The molecule has 372 valence electrons. The summed E-state index contributed by atoms with van der Waals surface area (Å²) in [6, 6.07) is -4.75. The molecule has 4 aliphatic heterocycles. The summed E-state index contributed by atoms with van der Waals surface area (Å²) in [6.45, 7) is -0.226. The van der Waals surface area contributed by atoms with Crippen LogP contribution in [0, 0.1) is 0 Å². The molecule has 28 heteroatoms. The highest BCUT2D eigenvalue weighted by Crippen LogP contribution is 2.33. The van der Waals surface area contributed by atoms with Gasteiger partial charge in [-0.3, -0.25) is 14.4 Å². The van der Waals surface area contributed by atoms with Crippen molar-refractivity contribution in [3.63, 3.8) is 0 Å². The first kappa shape index (κ1) is 54.1. The maximum atomic E-state index is 12.4. The Labute approximate surface area is 365 Å². The standard InChI is InChI=1S/C36H63N3O25/c1-10-21(48)27(54)28(55)35(58-10)63-31-20(39-13(4)46)33(59-17(7-42)24(31)51)57-9-15(47)22(49)30(14(5-40)37-11(2)44)62-36-29(56)32(25(52)18(8-43)61-36)64-34-19(38-12(3)45)26(53)23(50)16(6-41)60-34/h10,14-36,40-43,47-56H,5-9H2,1-4H3,(H,37,44)(H,38,45)(H,39,46)/t10-,14-,15+,16+,17+,18+,19+,20+,21+,22-,23-,24+,25-,26+,27+,28-,29+,30+,31+,32-,33+,34-,35-,36-/m0/s1. The number of ether oxygens (including phenoxy) is 8. The van der Waals surface area contributed by atoms with Gasteiger partial charge in [-0.15, -0.1) is 0 Å². The van der Waals surface area contributed by atoms with Gasteiger partial charge < -0.3 is 125 Å². The summed E-state index contributed by atoms with van der Waals surface area (Å²) >= 11 is 0. The van der Waals surface area contributed by atoms with E-state index in [9.17, 15) is 85.9 Å². The first-order chi connectivity index (χ1) is 30.1. The van der Waals surface area contributed by atoms with Crippen molar-refractivity contribution in [1.82, 2.24) is 16.0 Å². The Morgan fingerprint density at radius 3 is 1.62 bits per heavy atom. The van der Waals surface area contributed by atoms with Crippen LogP contribution >= 0.6 is 0 Å². The fourth-order valence-electron chi connectivity index (χ4n) is 7.68. The zero-order valence-electron chi connectivity index (χ0n) is 35.1. The maximum Gasteiger partial charge on any atom is 0.217 e. The Bertz CT molecular complexity index is 1490. The number of carbonyl (C=O) groups excluding carboxylic acids is 3. The molecular formula is C36H63N3O25. The number of hydrogen-bond donors (Lipinski definition) is 17. The van der Waals surface area contributed by atoms with Gasteiger partial charge in [0.05, 0.1) is 45.2 Å². The summed E-state index contributed by atoms with van der Waals surface area (Å²) in [4.78, 5) is 36.6. The quantitative estimate of drug-likeness (QED) is 0.0572. The topological polar surface area (TPSA) is 444 Å². The average Bonchev–Trinajstić information content (AvgIpc) is 3.24. The van der Waals surface area contributed by atoms with E-state index in [-0.39, 0.29) is 0 Å². The monoisotopic (exact) mass is 937 g/mol. The van der Waals surface area contributed by atoms with Crippen LogP contribution in [0.25, 0.3) is 0 Å². The largest absolute Gasteiger partial charge is 0.394 e. The van der Waals surface area contributed by atoms with Gasteiger partial charge in [-0.2, -0.15) is 0 Å². The van der Waals surface area contributed by atoms with E-state index in [2.05, 4.69) is 16.0 Å². The van der Waals surface area contributed by atoms with Crippen LogP contribution in [-0.4, -0.2) is 269 Å². The van der Waals surface area contributed by atoms with Crippen LogP contribution in [0.2, 0.25) is 0 Å². The highest BCUT2D eigenvalue weighted by atomic mass is 16.7.